The number of carboxylic acid groups (broad SMARTS) is 1. The Morgan fingerprint density at radius 3 is 2.44 bits per heavy atom. The lowest BCUT2D eigenvalue weighted by molar-refractivity contribution is -0.138. The highest BCUT2D eigenvalue weighted by Gasteiger charge is 2.06. The Balaban J connectivity index is 0. The Kier molecular flexibility index (Phi) is 7.01. The van der Waals surface area contributed by atoms with Gasteiger partial charge in [-0.15, -0.1) is 19.0 Å². The van der Waals surface area contributed by atoms with Crippen LogP contribution in [0.3, 0.4) is 0 Å². The van der Waals surface area contributed by atoms with Crippen LogP contribution in [0.25, 0.3) is 0 Å². The van der Waals surface area contributed by atoms with Gasteiger partial charge in [0, 0.05) is 0 Å². The minimum absolute atomic E-state index is 0. The van der Waals surface area contributed by atoms with Gasteiger partial charge >= 0.3 is 5.97 Å². The van der Waals surface area contributed by atoms with Gasteiger partial charge in [-0.1, -0.05) is 6.08 Å². The third-order valence-corrected chi connectivity index (χ3v) is 0.738. The molecule has 0 rings (SSSR count). The molecule has 0 aromatic carbocycles. The van der Waals surface area contributed by atoms with Crippen LogP contribution in [-0.2, 0) is 4.79 Å². The van der Waals surface area contributed by atoms with Crippen LogP contribution in [0.2, 0.25) is 0 Å². The van der Waals surface area contributed by atoms with Crippen molar-refractivity contribution in [3.05, 3.63) is 12.7 Å². The quantitative estimate of drug-likeness (QED) is 0.574. The van der Waals surface area contributed by atoms with E-state index in [9.17, 15) is 4.79 Å². The van der Waals surface area contributed by atoms with E-state index in [0.29, 0.717) is 6.42 Å². The van der Waals surface area contributed by atoms with Gasteiger partial charge in [-0.25, -0.2) is 0 Å². The van der Waals surface area contributed by atoms with Crippen molar-refractivity contribution in [2.45, 2.75) is 12.5 Å². The summed E-state index contributed by atoms with van der Waals surface area (Å²) in [5, 5.41) is 8.14. The van der Waals surface area contributed by atoms with E-state index in [4.69, 9.17) is 10.8 Å². The maximum atomic E-state index is 9.92. The monoisotopic (exact) mass is 151 g/mol. The molecule has 0 heterocycles. The van der Waals surface area contributed by atoms with E-state index >= 15 is 0 Å². The van der Waals surface area contributed by atoms with Gasteiger partial charge in [-0.05, 0) is 6.42 Å². The first-order chi connectivity index (χ1) is 3.68. The molecule has 0 aromatic rings. The molecule has 0 aromatic heterocycles. The molecule has 3 N–H and O–H groups in total. The molecule has 3 nitrogen and oxygen atoms in total. The fourth-order valence-electron chi connectivity index (χ4n) is 0.280. The number of hydrogen-bond acceptors (Lipinski definition) is 2. The van der Waals surface area contributed by atoms with Crippen LogP contribution in [-0.4, -0.2) is 17.1 Å². The molecule has 0 aliphatic carbocycles. The largest absolute Gasteiger partial charge is 0.480 e. The Hall–Kier alpha value is -0.540. The van der Waals surface area contributed by atoms with Gasteiger partial charge < -0.3 is 10.8 Å². The van der Waals surface area contributed by atoms with E-state index < -0.39 is 12.0 Å². The van der Waals surface area contributed by atoms with E-state index in [2.05, 4.69) is 6.58 Å². The van der Waals surface area contributed by atoms with Gasteiger partial charge in [0.2, 0.25) is 0 Å². The Morgan fingerprint density at radius 2 is 2.33 bits per heavy atom. The maximum Gasteiger partial charge on any atom is 0.320 e. The fourth-order valence-corrected chi connectivity index (χ4v) is 0.280. The minimum atomic E-state index is -0.982. The number of hydrogen-bond donors (Lipinski definition) is 2. The highest BCUT2D eigenvalue weighted by molar-refractivity contribution is 5.85. The number of nitrogens with two attached hydrogens (primary N) is 1. The van der Waals surface area contributed by atoms with Crippen LogP contribution in [0.15, 0.2) is 12.7 Å². The summed E-state index contributed by atoms with van der Waals surface area (Å²) in [4.78, 5) is 9.92. The van der Waals surface area contributed by atoms with E-state index in [1.165, 1.54) is 6.08 Å². The molecule has 0 radical (unpaired) electrons. The van der Waals surface area contributed by atoms with E-state index in [-0.39, 0.29) is 12.4 Å². The summed E-state index contributed by atoms with van der Waals surface area (Å²) < 4.78 is 0. The van der Waals surface area contributed by atoms with Gasteiger partial charge in [0.15, 0.2) is 0 Å². The summed E-state index contributed by atoms with van der Waals surface area (Å²) in [7, 11) is 0. The molecule has 0 spiro atoms. The fraction of sp³-hybridized carbons (Fsp3) is 0.400. The van der Waals surface area contributed by atoms with Crippen LogP contribution in [0, 0.1) is 0 Å². The van der Waals surface area contributed by atoms with Crippen molar-refractivity contribution < 1.29 is 9.90 Å². The molecular formula is C5H10ClNO2. The first-order valence-corrected chi connectivity index (χ1v) is 2.27. The maximum absolute atomic E-state index is 9.92. The normalized spacial score (nSPS) is 11.2. The van der Waals surface area contributed by atoms with Crippen molar-refractivity contribution >= 4 is 18.4 Å². The van der Waals surface area contributed by atoms with Crippen LogP contribution in [0.1, 0.15) is 6.42 Å². The Bertz CT molecular complexity index is 105. The highest BCUT2D eigenvalue weighted by atomic mass is 35.5. The van der Waals surface area contributed by atoms with Crippen molar-refractivity contribution in [2.24, 2.45) is 5.73 Å². The molecule has 0 saturated carbocycles. The molecular weight excluding hydrogens is 142 g/mol. The molecule has 54 valence electrons. The molecule has 0 amide bonds. The zero-order valence-corrected chi connectivity index (χ0v) is 5.73. The predicted octanol–water partition coefficient (Wildman–Crippen LogP) is 0.396. The molecule has 0 unspecified atom stereocenters. The lowest BCUT2D eigenvalue weighted by Crippen LogP contribution is -2.28. The van der Waals surface area contributed by atoms with Crippen LogP contribution >= 0.6 is 12.4 Å². The Labute approximate surface area is 60.0 Å². The molecule has 0 saturated heterocycles. The molecule has 0 aliphatic rings. The van der Waals surface area contributed by atoms with Crippen LogP contribution in [0.5, 0.6) is 0 Å². The molecule has 4 heteroatoms. The number of aliphatic carboxylic acids is 1. The van der Waals surface area contributed by atoms with Crippen LogP contribution < -0.4 is 5.73 Å². The van der Waals surface area contributed by atoms with Gasteiger partial charge in [-0.3, -0.25) is 4.79 Å². The van der Waals surface area contributed by atoms with Crippen LogP contribution in [0.4, 0.5) is 0 Å². The van der Waals surface area contributed by atoms with E-state index in [1.807, 2.05) is 0 Å². The molecule has 0 fully saturated rings. The minimum Gasteiger partial charge on any atom is -0.480 e. The van der Waals surface area contributed by atoms with Crippen molar-refractivity contribution in [3.63, 3.8) is 0 Å². The highest BCUT2D eigenvalue weighted by Crippen LogP contribution is 1.86. The lowest BCUT2D eigenvalue weighted by atomic mass is 10.2. The zero-order chi connectivity index (χ0) is 6.57. The second kappa shape index (κ2) is 5.59. The first-order valence-electron chi connectivity index (χ1n) is 2.27. The summed E-state index contributed by atoms with van der Waals surface area (Å²) in [6.45, 7) is 3.34. The van der Waals surface area contributed by atoms with E-state index in [1.54, 1.807) is 0 Å². The average Bonchev–Trinajstić information content (AvgIpc) is 1.67. The predicted molar refractivity (Wildman–Crippen MR) is 37.7 cm³/mol. The number of carbonyl (C=O) groups is 1. The standard InChI is InChI=1S/C5H9NO2.ClH/c1-2-3-4(6)5(7)8;/h2,4H,1,3,6H2,(H,7,8);1H/t4-;/m0./s1. The van der Waals surface area contributed by atoms with Gasteiger partial charge in [0.25, 0.3) is 0 Å². The summed E-state index contributed by atoms with van der Waals surface area (Å²) in [5.74, 6) is -0.982. The molecule has 1 atom stereocenters. The second-order valence-electron chi connectivity index (χ2n) is 1.47. The summed E-state index contributed by atoms with van der Waals surface area (Å²) in [6.07, 6.45) is 1.81. The van der Waals surface area contributed by atoms with Gasteiger partial charge in [0.05, 0.1) is 0 Å². The third kappa shape index (κ3) is 5.33. The number of rotatable bonds is 3. The first kappa shape index (κ1) is 11.3. The number of carboxylic acids is 1. The van der Waals surface area contributed by atoms with Gasteiger partial charge in [-0.2, -0.15) is 0 Å². The Morgan fingerprint density at radius 1 is 1.89 bits per heavy atom. The van der Waals surface area contributed by atoms with Crippen molar-refractivity contribution in [2.75, 3.05) is 0 Å². The van der Waals surface area contributed by atoms with Crippen molar-refractivity contribution in [1.29, 1.82) is 0 Å². The summed E-state index contributed by atoms with van der Waals surface area (Å²) >= 11 is 0. The SMILES string of the molecule is C=CC[C@H](N)C(=O)O.Cl. The summed E-state index contributed by atoms with van der Waals surface area (Å²) in [6, 6.07) is -0.785. The molecule has 9 heavy (non-hydrogen) atoms. The van der Waals surface area contributed by atoms with E-state index in [0.717, 1.165) is 0 Å². The topological polar surface area (TPSA) is 63.3 Å². The lowest BCUT2D eigenvalue weighted by Gasteiger charge is -1.98. The van der Waals surface area contributed by atoms with Crippen molar-refractivity contribution in [3.8, 4) is 0 Å². The molecule has 0 aliphatic heterocycles. The average molecular weight is 152 g/mol. The second-order valence-corrected chi connectivity index (χ2v) is 1.47. The summed E-state index contributed by atoms with van der Waals surface area (Å²) in [5.41, 5.74) is 5.06. The molecule has 0 bridgehead atoms. The third-order valence-electron chi connectivity index (χ3n) is 0.738. The van der Waals surface area contributed by atoms with Gasteiger partial charge in [0.1, 0.15) is 6.04 Å². The van der Waals surface area contributed by atoms with Crippen molar-refractivity contribution in [1.82, 2.24) is 0 Å². The zero-order valence-electron chi connectivity index (χ0n) is 4.91. The number of halogens is 1. The smallest absolute Gasteiger partial charge is 0.320 e.